The number of anilines is 1. The monoisotopic (exact) mass is 268 g/mol. The van der Waals surface area contributed by atoms with Gasteiger partial charge in [0.1, 0.15) is 0 Å². The molecule has 0 radical (unpaired) electrons. The zero-order chi connectivity index (χ0) is 13.2. The highest BCUT2D eigenvalue weighted by Crippen LogP contribution is 2.21. The molecular formula is C13H24N4S. The molecule has 0 saturated carbocycles. The molecule has 0 bridgehead atoms. The van der Waals surface area contributed by atoms with Crippen LogP contribution >= 0.6 is 11.3 Å². The molecule has 0 unspecified atom stereocenters. The lowest BCUT2D eigenvalue weighted by Gasteiger charge is -2.32. The summed E-state index contributed by atoms with van der Waals surface area (Å²) >= 11 is 1.76. The van der Waals surface area contributed by atoms with Crippen molar-refractivity contribution in [3.05, 3.63) is 11.1 Å². The van der Waals surface area contributed by atoms with Gasteiger partial charge in [-0.3, -0.25) is 0 Å². The van der Waals surface area contributed by atoms with Crippen molar-refractivity contribution < 1.29 is 0 Å². The zero-order valence-electron chi connectivity index (χ0n) is 11.9. The zero-order valence-corrected chi connectivity index (χ0v) is 12.7. The molecule has 5 heteroatoms. The highest BCUT2D eigenvalue weighted by molar-refractivity contribution is 7.13. The van der Waals surface area contributed by atoms with Gasteiger partial charge >= 0.3 is 0 Å². The predicted molar refractivity (Wildman–Crippen MR) is 78.4 cm³/mol. The van der Waals surface area contributed by atoms with E-state index in [1.54, 1.807) is 11.3 Å². The molecule has 1 aliphatic heterocycles. The summed E-state index contributed by atoms with van der Waals surface area (Å²) in [6.07, 6.45) is 0. The lowest BCUT2D eigenvalue weighted by atomic mass is 10.1. The van der Waals surface area contributed by atoms with Crippen molar-refractivity contribution in [2.24, 2.45) is 0 Å². The maximum absolute atomic E-state index is 4.73. The molecule has 0 spiro atoms. The fraction of sp³-hybridized carbons (Fsp3) is 0.769. The number of piperazine rings is 1. The van der Waals surface area contributed by atoms with E-state index in [-0.39, 0.29) is 5.54 Å². The van der Waals surface area contributed by atoms with Crippen LogP contribution in [0.3, 0.4) is 0 Å². The summed E-state index contributed by atoms with van der Waals surface area (Å²) in [6, 6.07) is 0. The summed E-state index contributed by atoms with van der Waals surface area (Å²) in [5.41, 5.74) is 1.31. The Labute approximate surface area is 114 Å². The molecule has 1 aromatic rings. The minimum atomic E-state index is 0.150. The molecule has 0 aliphatic carbocycles. The van der Waals surface area contributed by atoms with Gasteiger partial charge in [-0.1, -0.05) is 0 Å². The molecule has 1 N–H and O–H groups in total. The third-order valence-corrected chi connectivity index (χ3v) is 4.06. The van der Waals surface area contributed by atoms with Gasteiger partial charge in [0.25, 0.3) is 0 Å². The number of likely N-dealkylation sites (N-methyl/N-ethyl adjacent to an activating group) is 1. The van der Waals surface area contributed by atoms with Crippen LogP contribution in [0.4, 0.5) is 5.13 Å². The first-order valence-electron chi connectivity index (χ1n) is 6.57. The van der Waals surface area contributed by atoms with E-state index in [1.807, 2.05) is 0 Å². The molecule has 0 atom stereocenters. The average molecular weight is 268 g/mol. The molecular weight excluding hydrogens is 244 g/mol. The Bertz CT molecular complexity index is 375. The summed E-state index contributed by atoms with van der Waals surface area (Å²) < 4.78 is 0. The Morgan fingerprint density at radius 2 is 1.94 bits per heavy atom. The quantitative estimate of drug-likeness (QED) is 0.905. The molecule has 18 heavy (non-hydrogen) atoms. The number of rotatable bonds is 3. The van der Waals surface area contributed by atoms with Gasteiger partial charge in [0.2, 0.25) is 0 Å². The van der Waals surface area contributed by atoms with Crippen molar-refractivity contribution in [1.29, 1.82) is 0 Å². The lowest BCUT2D eigenvalue weighted by Crippen LogP contribution is -2.44. The van der Waals surface area contributed by atoms with E-state index in [9.17, 15) is 0 Å². The Hall–Kier alpha value is -0.650. The molecule has 2 rings (SSSR count). The van der Waals surface area contributed by atoms with Crippen LogP contribution in [-0.4, -0.2) is 48.6 Å². The van der Waals surface area contributed by atoms with Crippen molar-refractivity contribution in [2.45, 2.75) is 32.9 Å². The van der Waals surface area contributed by atoms with E-state index < -0.39 is 0 Å². The summed E-state index contributed by atoms with van der Waals surface area (Å²) in [4.78, 5) is 9.49. The summed E-state index contributed by atoms with van der Waals surface area (Å²) in [5.74, 6) is 0. The maximum atomic E-state index is 4.73. The number of nitrogens with one attached hydrogen (secondary N) is 1. The van der Waals surface area contributed by atoms with Gasteiger partial charge in [0, 0.05) is 43.6 Å². The van der Waals surface area contributed by atoms with Gasteiger partial charge in [0.15, 0.2) is 5.13 Å². The predicted octanol–water partition coefficient (Wildman–Crippen LogP) is 1.78. The van der Waals surface area contributed by atoms with Crippen LogP contribution in [0.25, 0.3) is 0 Å². The highest BCUT2D eigenvalue weighted by Gasteiger charge is 2.17. The molecule has 0 amide bonds. The SMILES string of the molecule is CN1CCN(c2nc(CNC(C)(C)C)cs2)CC1. The third-order valence-electron chi connectivity index (χ3n) is 3.11. The van der Waals surface area contributed by atoms with Crippen molar-refractivity contribution in [3.63, 3.8) is 0 Å². The molecule has 1 aliphatic rings. The van der Waals surface area contributed by atoms with Crippen LogP contribution in [0.2, 0.25) is 0 Å². The van der Waals surface area contributed by atoms with E-state index in [2.05, 4.69) is 48.3 Å². The number of hydrogen-bond donors (Lipinski definition) is 1. The Balaban J connectivity index is 1.90. The minimum Gasteiger partial charge on any atom is -0.346 e. The number of hydrogen-bond acceptors (Lipinski definition) is 5. The average Bonchev–Trinajstić information content (AvgIpc) is 2.75. The number of nitrogens with zero attached hydrogens (tertiary/aromatic N) is 3. The van der Waals surface area contributed by atoms with Crippen LogP contribution in [0, 0.1) is 0 Å². The number of aromatic nitrogens is 1. The van der Waals surface area contributed by atoms with Crippen LogP contribution in [0.5, 0.6) is 0 Å². The standard InChI is InChI=1S/C13H24N4S/c1-13(2,3)14-9-11-10-18-12(15-11)17-7-5-16(4)6-8-17/h10,14H,5-9H2,1-4H3. The molecule has 1 saturated heterocycles. The normalized spacial score (nSPS) is 18.3. The molecule has 4 nitrogen and oxygen atoms in total. The van der Waals surface area contributed by atoms with E-state index in [0.29, 0.717) is 0 Å². The largest absolute Gasteiger partial charge is 0.346 e. The lowest BCUT2D eigenvalue weighted by molar-refractivity contribution is 0.312. The second-order valence-electron chi connectivity index (χ2n) is 6.02. The van der Waals surface area contributed by atoms with E-state index in [4.69, 9.17) is 4.98 Å². The van der Waals surface area contributed by atoms with Crippen molar-refractivity contribution in [3.8, 4) is 0 Å². The van der Waals surface area contributed by atoms with Gasteiger partial charge in [-0.15, -0.1) is 11.3 Å². The summed E-state index contributed by atoms with van der Waals surface area (Å²) in [7, 11) is 2.18. The molecule has 1 fully saturated rings. The Kier molecular flexibility index (Phi) is 4.25. The second-order valence-corrected chi connectivity index (χ2v) is 6.85. The summed E-state index contributed by atoms with van der Waals surface area (Å²) in [6.45, 7) is 11.9. The van der Waals surface area contributed by atoms with Crippen LogP contribution < -0.4 is 10.2 Å². The molecule has 1 aromatic heterocycles. The van der Waals surface area contributed by atoms with Crippen LogP contribution in [0.15, 0.2) is 5.38 Å². The number of thiazole rings is 1. The topological polar surface area (TPSA) is 31.4 Å². The second kappa shape index (κ2) is 5.55. The van der Waals surface area contributed by atoms with E-state index in [1.165, 1.54) is 5.13 Å². The summed E-state index contributed by atoms with van der Waals surface area (Å²) in [5, 5.41) is 6.83. The van der Waals surface area contributed by atoms with Gasteiger partial charge in [-0.2, -0.15) is 0 Å². The maximum Gasteiger partial charge on any atom is 0.185 e. The van der Waals surface area contributed by atoms with Gasteiger partial charge in [0.05, 0.1) is 5.69 Å². The fourth-order valence-corrected chi connectivity index (χ4v) is 2.76. The Morgan fingerprint density at radius 3 is 2.56 bits per heavy atom. The van der Waals surface area contributed by atoms with Gasteiger partial charge < -0.3 is 15.1 Å². The minimum absolute atomic E-state index is 0.150. The van der Waals surface area contributed by atoms with E-state index in [0.717, 1.165) is 38.4 Å². The molecule has 0 aromatic carbocycles. The van der Waals surface area contributed by atoms with E-state index >= 15 is 0 Å². The van der Waals surface area contributed by atoms with Gasteiger partial charge in [-0.25, -0.2) is 4.98 Å². The van der Waals surface area contributed by atoms with Crippen LogP contribution in [-0.2, 0) is 6.54 Å². The first kappa shape index (κ1) is 13.8. The molecule has 2 heterocycles. The Morgan fingerprint density at radius 1 is 1.28 bits per heavy atom. The first-order chi connectivity index (χ1) is 8.44. The first-order valence-corrected chi connectivity index (χ1v) is 7.45. The van der Waals surface area contributed by atoms with Crippen molar-refractivity contribution >= 4 is 16.5 Å². The smallest absolute Gasteiger partial charge is 0.185 e. The third kappa shape index (κ3) is 3.93. The van der Waals surface area contributed by atoms with Gasteiger partial charge in [-0.05, 0) is 27.8 Å². The van der Waals surface area contributed by atoms with Crippen molar-refractivity contribution in [1.82, 2.24) is 15.2 Å². The van der Waals surface area contributed by atoms with Crippen molar-refractivity contribution in [2.75, 3.05) is 38.1 Å². The highest BCUT2D eigenvalue weighted by atomic mass is 32.1. The fourth-order valence-electron chi connectivity index (χ4n) is 1.88. The molecule has 102 valence electrons. The van der Waals surface area contributed by atoms with Crippen LogP contribution in [0.1, 0.15) is 26.5 Å².